The van der Waals surface area contributed by atoms with Crippen molar-refractivity contribution in [2.75, 3.05) is 5.73 Å². The molecule has 0 aliphatic heterocycles. The topological polar surface area (TPSA) is 43.3 Å². The third kappa shape index (κ3) is 1.37. The number of aryl methyl sites for hydroxylation is 1. The molecule has 0 radical (unpaired) electrons. The van der Waals surface area contributed by atoms with E-state index in [-0.39, 0.29) is 0 Å². The molecule has 2 N–H and O–H groups in total. The predicted molar refractivity (Wildman–Crippen MR) is 53.6 cm³/mol. The van der Waals surface area contributed by atoms with Crippen molar-refractivity contribution in [2.24, 2.45) is 0 Å². The van der Waals surface area contributed by atoms with Crippen LogP contribution in [0.1, 0.15) is 19.2 Å². The average molecular weight is 175 g/mol. The lowest BCUT2D eigenvalue weighted by Crippen LogP contribution is -1.94. The first kappa shape index (κ1) is 8.10. The number of imidazole rings is 1. The van der Waals surface area contributed by atoms with Crippen LogP contribution in [-0.4, -0.2) is 9.38 Å². The van der Waals surface area contributed by atoms with Gasteiger partial charge in [-0.25, -0.2) is 4.98 Å². The van der Waals surface area contributed by atoms with Gasteiger partial charge in [-0.1, -0.05) is 6.92 Å². The van der Waals surface area contributed by atoms with E-state index in [0.29, 0.717) is 0 Å². The van der Waals surface area contributed by atoms with Gasteiger partial charge < -0.3 is 10.1 Å². The second-order valence-corrected chi connectivity index (χ2v) is 3.18. The van der Waals surface area contributed by atoms with Crippen LogP contribution in [0.3, 0.4) is 0 Å². The molecule has 2 aromatic rings. The van der Waals surface area contributed by atoms with Crippen LogP contribution in [0.5, 0.6) is 0 Å². The molecule has 0 aromatic carbocycles. The van der Waals surface area contributed by atoms with Crippen LogP contribution in [0.25, 0.3) is 5.52 Å². The third-order valence-electron chi connectivity index (χ3n) is 2.11. The zero-order valence-electron chi connectivity index (χ0n) is 7.70. The largest absolute Gasteiger partial charge is 0.399 e. The van der Waals surface area contributed by atoms with Crippen molar-refractivity contribution >= 4 is 11.2 Å². The van der Waals surface area contributed by atoms with Crippen molar-refractivity contribution in [3.63, 3.8) is 0 Å². The Morgan fingerprint density at radius 2 is 2.38 bits per heavy atom. The Morgan fingerprint density at radius 1 is 1.54 bits per heavy atom. The highest BCUT2D eigenvalue weighted by atomic mass is 15.0. The summed E-state index contributed by atoms with van der Waals surface area (Å²) < 4.78 is 2.08. The molecule has 13 heavy (non-hydrogen) atoms. The van der Waals surface area contributed by atoms with E-state index in [1.165, 1.54) is 0 Å². The molecule has 2 heterocycles. The van der Waals surface area contributed by atoms with Gasteiger partial charge in [0.15, 0.2) is 0 Å². The minimum Gasteiger partial charge on any atom is -0.399 e. The van der Waals surface area contributed by atoms with Gasteiger partial charge in [-0.3, -0.25) is 0 Å². The van der Waals surface area contributed by atoms with Gasteiger partial charge in [0.25, 0.3) is 0 Å². The maximum atomic E-state index is 5.67. The first-order chi connectivity index (χ1) is 6.31. The first-order valence-electron chi connectivity index (χ1n) is 4.52. The molecule has 0 saturated heterocycles. The van der Waals surface area contributed by atoms with Crippen LogP contribution in [0.15, 0.2) is 24.5 Å². The standard InChI is InChI=1S/C10H13N3/c1-2-3-10-12-7-9-6-8(11)4-5-13(9)10/h4-7H,2-3,11H2,1H3. The summed E-state index contributed by atoms with van der Waals surface area (Å²) in [6.07, 6.45) is 5.96. The van der Waals surface area contributed by atoms with Gasteiger partial charge in [-0.05, 0) is 18.6 Å². The summed E-state index contributed by atoms with van der Waals surface area (Å²) in [6, 6.07) is 3.83. The van der Waals surface area contributed by atoms with Gasteiger partial charge in [0.1, 0.15) is 5.82 Å². The van der Waals surface area contributed by atoms with Crippen LogP contribution in [0, 0.1) is 0 Å². The highest BCUT2D eigenvalue weighted by molar-refractivity contribution is 5.55. The monoisotopic (exact) mass is 175 g/mol. The van der Waals surface area contributed by atoms with E-state index >= 15 is 0 Å². The number of aromatic nitrogens is 2. The van der Waals surface area contributed by atoms with Gasteiger partial charge >= 0.3 is 0 Å². The number of pyridine rings is 1. The molecule has 0 spiro atoms. The number of nitrogen functional groups attached to an aromatic ring is 1. The molecule has 0 saturated carbocycles. The molecule has 0 unspecified atom stereocenters. The van der Waals surface area contributed by atoms with Crippen molar-refractivity contribution in [3.8, 4) is 0 Å². The Morgan fingerprint density at radius 3 is 3.15 bits per heavy atom. The highest BCUT2D eigenvalue weighted by Gasteiger charge is 2.01. The molecule has 3 nitrogen and oxygen atoms in total. The molecule has 0 atom stereocenters. The maximum Gasteiger partial charge on any atom is 0.113 e. The van der Waals surface area contributed by atoms with Crippen molar-refractivity contribution in [2.45, 2.75) is 19.8 Å². The van der Waals surface area contributed by atoms with Crippen LogP contribution in [-0.2, 0) is 6.42 Å². The van der Waals surface area contributed by atoms with Crippen LogP contribution < -0.4 is 5.73 Å². The van der Waals surface area contributed by atoms with Crippen LogP contribution in [0.4, 0.5) is 5.69 Å². The van der Waals surface area contributed by atoms with Gasteiger partial charge in [0.2, 0.25) is 0 Å². The molecule has 0 amide bonds. The molecule has 2 rings (SSSR count). The lowest BCUT2D eigenvalue weighted by atomic mass is 10.3. The molecule has 0 aliphatic carbocycles. The van der Waals surface area contributed by atoms with E-state index in [2.05, 4.69) is 16.3 Å². The van der Waals surface area contributed by atoms with E-state index in [1.807, 2.05) is 24.5 Å². The molecule has 0 bridgehead atoms. The van der Waals surface area contributed by atoms with Crippen molar-refractivity contribution < 1.29 is 0 Å². The lowest BCUT2D eigenvalue weighted by molar-refractivity contribution is 0.831. The molecule has 0 aliphatic rings. The fraction of sp³-hybridized carbons (Fsp3) is 0.300. The fourth-order valence-corrected chi connectivity index (χ4v) is 1.48. The van der Waals surface area contributed by atoms with Crippen LogP contribution in [0.2, 0.25) is 0 Å². The molecular formula is C10H13N3. The highest BCUT2D eigenvalue weighted by Crippen LogP contribution is 2.11. The first-order valence-corrected chi connectivity index (χ1v) is 4.52. The van der Waals surface area contributed by atoms with E-state index in [4.69, 9.17) is 5.73 Å². The lowest BCUT2D eigenvalue weighted by Gasteiger charge is -1.99. The molecule has 0 fully saturated rings. The number of fused-ring (bicyclic) bond motifs is 1. The van der Waals surface area contributed by atoms with E-state index in [0.717, 1.165) is 29.9 Å². The van der Waals surface area contributed by atoms with E-state index < -0.39 is 0 Å². The summed E-state index contributed by atoms with van der Waals surface area (Å²) in [7, 11) is 0. The minimum absolute atomic E-state index is 0.787. The minimum atomic E-state index is 0.787. The second kappa shape index (κ2) is 3.09. The summed E-state index contributed by atoms with van der Waals surface area (Å²) in [4.78, 5) is 4.33. The Bertz CT molecular complexity index is 417. The van der Waals surface area contributed by atoms with Gasteiger partial charge in [0, 0.05) is 18.3 Å². The smallest absolute Gasteiger partial charge is 0.113 e. The zero-order valence-corrected chi connectivity index (χ0v) is 7.70. The Kier molecular flexibility index (Phi) is 1.93. The number of anilines is 1. The van der Waals surface area contributed by atoms with Crippen molar-refractivity contribution in [3.05, 3.63) is 30.4 Å². The number of rotatable bonds is 2. The average Bonchev–Trinajstić information content (AvgIpc) is 2.49. The summed E-state index contributed by atoms with van der Waals surface area (Å²) >= 11 is 0. The Labute approximate surface area is 77.2 Å². The Hall–Kier alpha value is -1.51. The SMILES string of the molecule is CCCc1ncc2cc(N)ccn12. The Balaban J connectivity index is 2.55. The van der Waals surface area contributed by atoms with E-state index in [1.54, 1.807) is 0 Å². The molecule has 3 heteroatoms. The number of nitrogens with zero attached hydrogens (tertiary/aromatic N) is 2. The normalized spacial score (nSPS) is 10.8. The fourth-order valence-electron chi connectivity index (χ4n) is 1.48. The summed E-state index contributed by atoms with van der Waals surface area (Å²) in [5.41, 5.74) is 7.53. The summed E-state index contributed by atoms with van der Waals surface area (Å²) in [6.45, 7) is 2.15. The van der Waals surface area contributed by atoms with E-state index in [9.17, 15) is 0 Å². The predicted octanol–water partition coefficient (Wildman–Crippen LogP) is 1.87. The molecular weight excluding hydrogens is 162 g/mol. The number of nitrogens with two attached hydrogens (primary N) is 1. The summed E-state index contributed by atoms with van der Waals surface area (Å²) in [5.74, 6) is 1.11. The maximum absolute atomic E-state index is 5.67. The van der Waals surface area contributed by atoms with Crippen LogP contribution >= 0.6 is 0 Å². The quantitative estimate of drug-likeness (QED) is 0.757. The summed E-state index contributed by atoms with van der Waals surface area (Å²) in [5, 5.41) is 0. The van der Waals surface area contributed by atoms with Gasteiger partial charge in [-0.2, -0.15) is 0 Å². The van der Waals surface area contributed by atoms with Crippen molar-refractivity contribution in [1.29, 1.82) is 0 Å². The third-order valence-corrected chi connectivity index (χ3v) is 2.11. The number of hydrogen-bond acceptors (Lipinski definition) is 2. The zero-order chi connectivity index (χ0) is 9.26. The van der Waals surface area contributed by atoms with Gasteiger partial charge in [-0.15, -0.1) is 0 Å². The van der Waals surface area contributed by atoms with Crippen molar-refractivity contribution in [1.82, 2.24) is 9.38 Å². The number of hydrogen-bond donors (Lipinski definition) is 1. The molecule has 2 aromatic heterocycles. The molecule has 68 valence electrons. The van der Waals surface area contributed by atoms with Gasteiger partial charge in [0.05, 0.1) is 11.7 Å². The second-order valence-electron chi connectivity index (χ2n) is 3.18.